The molecular formula is C15H13BrN4O3S2. The molecule has 0 unspecified atom stereocenters. The molecule has 2 aromatic heterocycles. The summed E-state index contributed by atoms with van der Waals surface area (Å²) < 4.78 is 27.4. The van der Waals surface area contributed by atoms with Crippen LogP contribution in [0.1, 0.15) is 0 Å². The van der Waals surface area contributed by atoms with Crippen molar-refractivity contribution in [1.82, 2.24) is 14.3 Å². The number of aromatic nitrogens is 2. The molecule has 0 saturated carbocycles. The van der Waals surface area contributed by atoms with Gasteiger partial charge in [-0.25, -0.2) is 13.4 Å². The Morgan fingerprint density at radius 3 is 2.76 bits per heavy atom. The summed E-state index contributed by atoms with van der Waals surface area (Å²) in [6.07, 6.45) is 3.09. The number of benzene rings is 1. The van der Waals surface area contributed by atoms with Crippen molar-refractivity contribution in [3.05, 3.63) is 46.5 Å². The number of para-hydroxylation sites is 1. The van der Waals surface area contributed by atoms with Gasteiger partial charge in [-0.15, -0.1) is 0 Å². The van der Waals surface area contributed by atoms with E-state index in [1.807, 2.05) is 0 Å². The average Bonchev–Trinajstić information content (AvgIpc) is 2.98. The lowest BCUT2D eigenvalue weighted by atomic mass is 10.2. The highest BCUT2D eigenvalue weighted by atomic mass is 79.9. The van der Waals surface area contributed by atoms with Gasteiger partial charge in [0.1, 0.15) is 4.90 Å². The van der Waals surface area contributed by atoms with Crippen molar-refractivity contribution < 1.29 is 13.2 Å². The Hall–Kier alpha value is -1.88. The van der Waals surface area contributed by atoms with Crippen molar-refractivity contribution in [1.29, 1.82) is 0 Å². The largest absolute Gasteiger partial charge is 0.301 e. The Kier molecular flexibility index (Phi) is 5.13. The molecule has 0 aliphatic heterocycles. The number of carbonyl (C=O) groups excluding carboxylic acids is 1. The van der Waals surface area contributed by atoms with Crippen LogP contribution in [0.25, 0.3) is 10.9 Å². The third-order valence-corrected chi connectivity index (χ3v) is 6.60. The zero-order valence-corrected chi connectivity index (χ0v) is 16.2. The van der Waals surface area contributed by atoms with Crippen molar-refractivity contribution >= 4 is 59.2 Å². The molecule has 10 heteroatoms. The zero-order chi connectivity index (χ0) is 18.0. The van der Waals surface area contributed by atoms with Gasteiger partial charge in [-0.3, -0.25) is 9.78 Å². The van der Waals surface area contributed by atoms with E-state index < -0.39 is 15.9 Å². The van der Waals surface area contributed by atoms with Crippen LogP contribution in [0.5, 0.6) is 0 Å². The second-order valence-corrected chi connectivity index (χ2v) is 9.53. The number of pyridine rings is 1. The van der Waals surface area contributed by atoms with Gasteiger partial charge in [0.15, 0.2) is 5.13 Å². The molecule has 2 heterocycles. The first-order valence-electron chi connectivity index (χ1n) is 7.09. The SMILES string of the molecule is CN(CC(=O)Nc1ncc(Br)s1)S(=O)(=O)c1cccc2cccnc12. The lowest BCUT2D eigenvalue weighted by Crippen LogP contribution is -2.35. The molecule has 7 nitrogen and oxygen atoms in total. The van der Waals surface area contributed by atoms with Crippen LogP contribution < -0.4 is 5.32 Å². The predicted octanol–water partition coefficient (Wildman–Crippen LogP) is 2.71. The summed E-state index contributed by atoms with van der Waals surface area (Å²) in [6, 6.07) is 8.44. The van der Waals surface area contributed by atoms with Gasteiger partial charge in [-0.1, -0.05) is 29.5 Å². The molecule has 0 aliphatic carbocycles. The summed E-state index contributed by atoms with van der Waals surface area (Å²) in [4.78, 5) is 20.3. The Morgan fingerprint density at radius 2 is 2.04 bits per heavy atom. The molecule has 0 fully saturated rings. The topological polar surface area (TPSA) is 92.3 Å². The van der Waals surface area contributed by atoms with E-state index in [9.17, 15) is 13.2 Å². The van der Waals surface area contributed by atoms with E-state index in [2.05, 4.69) is 31.2 Å². The van der Waals surface area contributed by atoms with Crippen LogP contribution in [0.3, 0.4) is 0 Å². The molecule has 1 aromatic carbocycles. The molecule has 0 aliphatic rings. The van der Waals surface area contributed by atoms with Crippen LogP contribution in [0.2, 0.25) is 0 Å². The average molecular weight is 441 g/mol. The maximum atomic E-state index is 12.8. The fourth-order valence-electron chi connectivity index (χ4n) is 2.21. The lowest BCUT2D eigenvalue weighted by molar-refractivity contribution is -0.116. The highest BCUT2D eigenvalue weighted by Crippen LogP contribution is 2.24. The lowest BCUT2D eigenvalue weighted by Gasteiger charge is -2.17. The van der Waals surface area contributed by atoms with Crippen molar-refractivity contribution in [3.8, 4) is 0 Å². The first-order valence-corrected chi connectivity index (χ1v) is 10.1. The molecule has 0 radical (unpaired) electrons. The highest BCUT2D eigenvalue weighted by molar-refractivity contribution is 9.11. The second-order valence-electron chi connectivity index (χ2n) is 5.11. The van der Waals surface area contributed by atoms with Crippen molar-refractivity contribution in [3.63, 3.8) is 0 Å². The number of amides is 1. The van der Waals surface area contributed by atoms with Crippen molar-refractivity contribution in [2.75, 3.05) is 18.9 Å². The molecule has 25 heavy (non-hydrogen) atoms. The number of thiazole rings is 1. The van der Waals surface area contributed by atoms with Gasteiger partial charge in [0.05, 0.1) is 22.0 Å². The molecule has 1 N–H and O–H groups in total. The van der Waals surface area contributed by atoms with E-state index >= 15 is 0 Å². The fourth-order valence-corrected chi connectivity index (χ4v) is 4.62. The normalized spacial score (nSPS) is 11.8. The van der Waals surface area contributed by atoms with Gasteiger partial charge in [-0.05, 0) is 28.1 Å². The molecule has 0 bridgehead atoms. The Balaban J connectivity index is 1.82. The minimum atomic E-state index is -3.86. The first kappa shape index (κ1) is 17.9. The molecule has 0 saturated heterocycles. The molecular weight excluding hydrogens is 428 g/mol. The van der Waals surface area contributed by atoms with E-state index in [1.165, 1.54) is 30.6 Å². The predicted molar refractivity (Wildman–Crippen MR) is 100 cm³/mol. The van der Waals surface area contributed by atoms with Crippen LogP contribution in [0.15, 0.2) is 51.4 Å². The van der Waals surface area contributed by atoms with Gasteiger partial charge < -0.3 is 5.32 Å². The summed E-state index contributed by atoms with van der Waals surface area (Å²) in [7, 11) is -2.51. The number of rotatable bonds is 5. The van der Waals surface area contributed by atoms with Crippen molar-refractivity contribution in [2.45, 2.75) is 4.90 Å². The number of hydrogen-bond donors (Lipinski definition) is 1. The maximum Gasteiger partial charge on any atom is 0.245 e. The van der Waals surface area contributed by atoms with E-state index in [4.69, 9.17) is 0 Å². The minimum absolute atomic E-state index is 0.0675. The monoisotopic (exact) mass is 440 g/mol. The molecule has 0 atom stereocenters. The summed E-state index contributed by atoms with van der Waals surface area (Å²) in [6.45, 7) is -0.331. The third kappa shape index (κ3) is 3.87. The maximum absolute atomic E-state index is 12.8. The fraction of sp³-hybridized carbons (Fsp3) is 0.133. The van der Waals surface area contributed by atoms with E-state index in [0.29, 0.717) is 16.0 Å². The minimum Gasteiger partial charge on any atom is -0.301 e. The third-order valence-electron chi connectivity index (χ3n) is 3.37. The van der Waals surface area contributed by atoms with Crippen LogP contribution in [0, 0.1) is 0 Å². The molecule has 0 spiro atoms. The molecule has 3 rings (SSSR count). The van der Waals surface area contributed by atoms with E-state index in [1.54, 1.807) is 30.5 Å². The summed E-state index contributed by atoms with van der Waals surface area (Å²) in [5.41, 5.74) is 0.376. The van der Waals surface area contributed by atoms with Gasteiger partial charge in [-0.2, -0.15) is 4.31 Å². The number of anilines is 1. The smallest absolute Gasteiger partial charge is 0.245 e. The first-order chi connectivity index (χ1) is 11.9. The van der Waals surface area contributed by atoms with Gasteiger partial charge in [0.2, 0.25) is 15.9 Å². The standard InChI is InChI=1S/C15H13BrN4O3S2/c1-20(9-13(21)19-15-18-8-12(16)24-15)25(22,23)11-6-2-4-10-5-3-7-17-14(10)11/h2-8H,9H2,1H3,(H,18,19,21). The van der Waals surface area contributed by atoms with E-state index in [0.717, 1.165) is 8.09 Å². The summed E-state index contributed by atoms with van der Waals surface area (Å²) in [5, 5.41) is 3.69. The van der Waals surface area contributed by atoms with Crippen LogP contribution >= 0.6 is 27.3 Å². The van der Waals surface area contributed by atoms with Crippen LogP contribution in [0.4, 0.5) is 5.13 Å². The number of sulfonamides is 1. The number of nitrogens with one attached hydrogen (secondary N) is 1. The highest BCUT2D eigenvalue weighted by Gasteiger charge is 2.25. The van der Waals surface area contributed by atoms with E-state index in [-0.39, 0.29) is 11.4 Å². The summed E-state index contributed by atoms with van der Waals surface area (Å²) in [5.74, 6) is -0.471. The van der Waals surface area contributed by atoms with Gasteiger partial charge in [0, 0.05) is 18.6 Å². The Bertz CT molecular complexity index is 1030. The van der Waals surface area contributed by atoms with Crippen LogP contribution in [-0.2, 0) is 14.8 Å². The Morgan fingerprint density at radius 1 is 1.28 bits per heavy atom. The van der Waals surface area contributed by atoms with Crippen molar-refractivity contribution in [2.24, 2.45) is 0 Å². The number of halogens is 1. The molecule has 1 amide bonds. The Labute approximate surface area is 156 Å². The number of likely N-dealkylation sites (N-methyl/N-ethyl adjacent to an activating group) is 1. The van der Waals surface area contributed by atoms with Crippen LogP contribution in [-0.4, -0.2) is 42.2 Å². The molecule has 3 aromatic rings. The molecule has 130 valence electrons. The number of nitrogens with zero attached hydrogens (tertiary/aromatic N) is 3. The van der Waals surface area contributed by atoms with Gasteiger partial charge in [0.25, 0.3) is 0 Å². The van der Waals surface area contributed by atoms with Gasteiger partial charge >= 0.3 is 0 Å². The number of hydrogen-bond acceptors (Lipinski definition) is 6. The zero-order valence-electron chi connectivity index (χ0n) is 13.0. The second kappa shape index (κ2) is 7.16. The number of carbonyl (C=O) groups is 1. The quantitative estimate of drug-likeness (QED) is 0.658. The summed E-state index contributed by atoms with van der Waals surface area (Å²) >= 11 is 4.49. The number of fused-ring (bicyclic) bond motifs is 1.